The fourth-order valence-corrected chi connectivity index (χ4v) is 2.32. The van der Waals surface area contributed by atoms with Gasteiger partial charge >= 0.3 is 0 Å². The topological polar surface area (TPSA) is 89.1 Å². The molecule has 0 aliphatic heterocycles. The number of amides is 1. The quantitative estimate of drug-likeness (QED) is 0.849. The zero-order valence-electron chi connectivity index (χ0n) is 11.0. The molecule has 0 aliphatic rings. The van der Waals surface area contributed by atoms with Crippen LogP contribution in [0.2, 0.25) is 0 Å². The van der Waals surface area contributed by atoms with Gasteiger partial charge in [0.2, 0.25) is 0 Å². The fourth-order valence-electron chi connectivity index (χ4n) is 1.50. The number of hydrogen-bond acceptors (Lipinski definition) is 6. The summed E-state index contributed by atoms with van der Waals surface area (Å²) in [5.41, 5.74) is 6.67. The predicted octanol–water partition coefficient (Wildman–Crippen LogP) is 0.455. The molecule has 2 rings (SSSR count). The lowest BCUT2D eigenvalue weighted by molar-refractivity contribution is 0.0955. The van der Waals surface area contributed by atoms with Crippen LogP contribution in [0.1, 0.15) is 15.4 Å². The van der Waals surface area contributed by atoms with E-state index in [-0.39, 0.29) is 11.7 Å². The number of nitrogens with zero attached hydrogens (tertiary/aromatic N) is 4. The molecular weight excluding hydrogens is 264 g/mol. The summed E-state index contributed by atoms with van der Waals surface area (Å²) in [7, 11) is 5.54. The molecule has 3 N–H and O–H groups in total. The number of rotatable bonds is 4. The molecule has 2 aromatic rings. The molecule has 2 aromatic heterocycles. The monoisotopic (exact) mass is 280 g/mol. The summed E-state index contributed by atoms with van der Waals surface area (Å²) in [5.74, 6) is 0.0421. The van der Waals surface area contributed by atoms with Crippen LogP contribution < -0.4 is 16.0 Å². The first-order valence-corrected chi connectivity index (χ1v) is 6.49. The first-order chi connectivity index (χ1) is 8.99. The van der Waals surface area contributed by atoms with Gasteiger partial charge in [0.25, 0.3) is 5.91 Å². The number of nitrogens with two attached hydrogens (primary N) is 1. The Morgan fingerprint density at radius 2 is 2.32 bits per heavy atom. The number of hydrogen-bond donors (Lipinski definition) is 2. The fraction of sp³-hybridized carbons (Fsp3) is 0.364. The lowest BCUT2D eigenvalue weighted by atomic mass is 10.4. The van der Waals surface area contributed by atoms with Crippen LogP contribution in [-0.4, -0.2) is 34.8 Å². The summed E-state index contributed by atoms with van der Waals surface area (Å²) in [6, 6.07) is 1.85. The average molecular weight is 280 g/mol. The van der Waals surface area contributed by atoms with E-state index in [0.717, 1.165) is 5.69 Å². The zero-order chi connectivity index (χ0) is 14.0. The number of carbonyl (C=O) groups excluding carboxylic acids is 1. The van der Waals surface area contributed by atoms with Gasteiger partial charge in [0.15, 0.2) is 5.13 Å². The highest BCUT2D eigenvalue weighted by Crippen LogP contribution is 2.26. The maximum absolute atomic E-state index is 12.0. The Balaban J connectivity index is 2.06. The molecule has 7 nitrogen and oxygen atoms in total. The van der Waals surface area contributed by atoms with Crippen molar-refractivity contribution in [3.8, 4) is 0 Å². The van der Waals surface area contributed by atoms with Crippen molar-refractivity contribution in [2.75, 3.05) is 24.7 Å². The third-order valence-electron chi connectivity index (χ3n) is 2.58. The first-order valence-electron chi connectivity index (χ1n) is 5.67. The second-order valence-electron chi connectivity index (χ2n) is 4.23. The van der Waals surface area contributed by atoms with Gasteiger partial charge in [0, 0.05) is 27.3 Å². The van der Waals surface area contributed by atoms with Crippen LogP contribution in [0.3, 0.4) is 0 Å². The number of thiazole rings is 1. The van der Waals surface area contributed by atoms with Crippen molar-refractivity contribution in [3.63, 3.8) is 0 Å². The van der Waals surface area contributed by atoms with Crippen molar-refractivity contribution >= 4 is 28.2 Å². The largest absolute Gasteiger partial charge is 0.382 e. The van der Waals surface area contributed by atoms with Crippen LogP contribution in [0.25, 0.3) is 0 Å². The smallest absolute Gasteiger partial charge is 0.265 e. The number of anilines is 2. The molecule has 0 saturated heterocycles. The lowest BCUT2D eigenvalue weighted by Gasteiger charge is -2.05. The lowest BCUT2D eigenvalue weighted by Crippen LogP contribution is -2.24. The molecule has 0 radical (unpaired) electrons. The van der Waals surface area contributed by atoms with E-state index in [0.29, 0.717) is 16.6 Å². The molecule has 0 atom stereocenters. The van der Waals surface area contributed by atoms with Gasteiger partial charge in [-0.3, -0.25) is 9.48 Å². The van der Waals surface area contributed by atoms with E-state index in [1.165, 1.54) is 11.3 Å². The Morgan fingerprint density at radius 1 is 1.58 bits per heavy atom. The van der Waals surface area contributed by atoms with Gasteiger partial charge in [-0.25, -0.2) is 4.98 Å². The van der Waals surface area contributed by atoms with Gasteiger partial charge in [-0.05, 0) is 6.07 Å². The second kappa shape index (κ2) is 5.27. The van der Waals surface area contributed by atoms with Crippen LogP contribution in [0.15, 0.2) is 12.3 Å². The molecular formula is C11H16N6OS. The van der Waals surface area contributed by atoms with Gasteiger partial charge in [-0.15, -0.1) is 0 Å². The molecule has 2 heterocycles. The normalized spacial score (nSPS) is 10.5. The van der Waals surface area contributed by atoms with E-state index in [1.807, 2.05) is 32.1 Å². The van der Waals surface area contributed by atoms with Crippen molar-refractivity contribution in [2.24, 2.45) is 7.05 Å². The van der Waals surface area contributed by atoms with Crippen molar-refractivity contribution in [1.29, 1.82) is 0 Å². The second-order valence-corrected chi connectivity index (χ2v) is 5.21. The van der Waals surface area contributed by atoms with Crippen molar-refractivity contribution < 1.29 is 4.79 Å². The van der Waals surface area contributed by atoms with Crippen molar-refractivity contribution in [2.45, 2.75) is 6.54 Å². The summed E-state index contributed by atoms with van der Waals surface area (Å²) in [6.45, 7) is 0.407. The third kappa shape index (κ3) is 2.84. The summed E-state index contributed by atoms with van der Waals surface area (Å²) in [4.78, 5) is 18.4. The minimum absolute atomic E-state index is 0.218. The van der Waals surface area contributed by atoms with E-state index in [2.05, 4.69) is 15.4 Å². The summed E-state index contributed by atoms with van der Waals surface area (Å²) in [6.07, 6.45) is 1.69. The Morgan fingerprint density at radius 3 is 2.84 bits per heavy atom. The van der Waals surface area contributed by atoms with E-state index in [4.69, 9.17) is 5.73 Å². The summed E-state index contributed by atoms with van der Waals surface area (Å²) < 4.78 is 1.71. The van der Waals surface area contributed by atoms with Crippen LogP contribution in [0, 0.1) is 0 Å². The van der Waals surface area contributed by atoms with Gasteiger partial charge in [0.05, 0.1) is 12.2 Å². The maximum atomic E-state index is 12.0. The van der Waals surface area contributed by atoms with Gasteiger partial charge in [-0.1, -0.05) is 11.3 Å². The maximum Gasteiger partial charge on any atom is 0.265 e. The molecule has 0 spiro atoms. The van der Waals surface area contributed by atoms with Crippen molar-refractivity contribution in [3.05, 3.63) is 22.8 Å². The van der Waals surface area contributed by atoms with E-state index in [9.17, 15) is 4.79 Å². The number of nitrogen functional groups attached to an aromatic ring is 1. The Kier molecular flexibility index (Phi) is 3.70. The molecule has 0 aromatic carbocycles. The van der Waals surface area contributed by atoms with Crippen LogP contribution in [-0.2, 0) is 13.6 Å². The number of carbonyl (C=O) groups is 1. The minimum Gasteiger partial charge on any atom is -0.382 e. The highest BCUT2D eigenvalue weighted by molar-refractivity contribution is 7.18. The molecule has 0 saturated carbocycles. The van der Waals surface area contributed by atoms with Crippen molar-refractivity contribution in [1.82, 2.24) is 20.1 Å². The Bertz CT molecular complexity index is 588. The molecule has 102 valence electrons. The Hall–Kier alpha value is -2.09. The highest BCUT2D eigenvalue weighted by atomic mass is 32.1. The molecule has 1 amide bonds. The third-order valence-corrected chi connectivity index (χ3v) is 3.82. The molecule has 0 unspecified atom stereocenters. The summed E-state index contributed by atoms with van der Waals surface area (Å²) >= 11 is 1.27. The van der Waals surface area contributed by atoms with Gasteiger partial charge in [0.1, 0.15) is 10.7 Å². The first kappa shape index (κ1) is 13.3. The van der Waals surface area contributed by atoms with Gasteiger partial charge in [-0.2, -0.15) is 5.10 Å². The highest BCUT2D eigenvalue weighted by Gasteiger charge is 2.17. The van der Waals surface area contributed by atoms with Crippen LogP contribution in [0.4, 0.5) is 10.9 Å². The average Bonchev–Trinajstić information content (AvgIpc) is 2.93. The molecule has 0 aliphatic carbocycles. The van der Waals surface area contributed by atoms with E-state index >= 15 is 0 Å². The zero-order valence-corrected chi connectivity index (χ0v) is 11.9. The summed E-state index contributed by atoms with van der Waals surface area (Å²) in [5, 5.41) is 7.56. The number of nitrogens with one attached hydrogen (secondary N) is 1. The van der Waals surface area contributed by atoms with E-state index in [1.54, 1.807) is 10.9 Å². The standard InChI is InChI=1S/C11H16N6OS/c1-16(2)11-15-9(12)8(19-11)10(18)13-6-7-4-5-14-17(7)3/h4-5H,6,12H2,1-3H3,(H,13,18). The van der Waals surface area contributed by atoms with Gasteiger partial charge < -0.3 is 16.0 Å². The molecule has 0 bridgehead atoms. The predicted molar refractivity (Wildman–Crippen MR) is 75.2 cm³/mol. The molecule has 19 heavy (non-hydrogen) atoms. The van der Waals surface area contributed by atoms with E-state index < -0.39 is 0 Å². The van der Waals surface area contributed by atoms with Crippen LogP contribution in [0.5, 0.6) is 0 Å². The molecule has 0 fully saturated rings. The Labute approximate surface area is 115 Å². The SMILES string of the molecule is CN(C)c1nc(N)c(C(=O)NCc2ccnn2C)s1. The molecule has 8 heteroatoms. The minimum atomic E-state index is -0.218. The number of aromatic nitrogens is 3. The number of aryl methyl sites for hydroxylation is 1. The van der Waals surface area contributed by atoms with Crippen LogP contribution >= 0.6 is 11.3 Å².